The molecule has 0 bridgehead atoms. The van der Waals surface area contributed by atoms with Crippen molar-refractivity contribution in [3.8, 4) is 11.5 Å². The third-order valence-electron chi connectivity index (χ3n) is 3.79. The van der Waals surface area contributed by atoms with Crippen molar-refractivity contribution >= 4 is 11.9 Å². The molecule has 0 amide bonds. The molecule has 0 aliphatic heterocycles. The van der Waals surface area contributed by atoms with E-state index in [0.717, 1.165) is 0 Å². The largest absolute Gasteiger partial charge is 0.497 e. The summed E-state index contributed by atoms with van der Waals surface area (Å²) in [6.07, 6.45) is 0. The zero-order valence-electron chi connectivity index (χ0n) is 14.8. The summed E-state index contributed by atoms with van der Waals surface area (Å²) in [7, 11) is 1.53. The van der Waals surface area contributed by atoms with Gasteiger partial charge in [0.25, 0.3) is 0 Å². The predicted octanol–water partition coefficient (Wildman–Crippen LogP) is 4.27. The van der Waals surface area contributed by atoms with E-state index in [0.29, 0.717) is 28.2 Å². The number of hydrogen-bond acceptors (Lipinski definition) is 5. The highest BCUT2D eigenvalue weighted by atomic mass is 16.5. The van der Waals surface area contributed by atoms with Gasteiger partial charge in [-0.3, -0.25) is 0 Å². The van der Waals surface area contributed by atoms with Crippen molar-refractivity contribution < 1.29 is 23.8 Å². The molecule has 0 fully saturated rings. The monoisotopic (exact) mass is 362 g/mol. The van der Waals surface area contributed by atoms with Crippen LogP contribution in [0.4, 0.5) is 0 Å². The van der Waals surface area contributed by atoms with Gasteiger partial charge in [-0.25, -0.2) is 9.59 Å². The Morgan fingerprint density at radius 1 is 0.741 bits per heavy atom. The second-order valence-corrected chi connectivity index (χ2v) is 5.71. The van der Waals surface area contributed by atoms with Crippen molar-refractivity contribution in [2.45, 2.75) is 6.61 Å². The Morgan fingerprint density at radius 2 is 1.41 bits per heavy atom. The number of ether oxygens (including phenoxy) is 3. The van der Waals surface area contributed by atoms with E-state index in [1.807, 2.05) is 6.07 Å². The van der Waals surface area contributed by atoms with Crippen LogP contribution in [0.25, 0.3) is 0 Å². The summed E-state index contributed by atoms with van der Waals surface area (Å²) >= 11 is 0. The lowest BCUT2D eigenvalue weighted by Gasteiger charge is -2.08. The van der Waals surface area contributed by atoms with E-state index in [2.05, 4.69) is 0 Å². The minimum Gasteiger partial charge on any atom is -0.497 e. The van der Waals surface area contributed by atoms with E-state index in [9.17, 15) is 9.59 Å². The van der Waals surface area contributed by atoms with E-state index in [-0.39, 0.29) is 6.61 Å². The van der Waals surface area contributed by atoms with Gasteiger partial charge in [-0.15, -0.1) is 0 Å². The molecule has 0 saturated heterocycles. The van der Waals surface area contributed by atoms with Gasteiger partial charge in [0, 0.05) is 0 Å². The van der Waals surface area contributed by atoms with Crippen LogP contribution in [0, 0.1) is 0 Å². The molecule has 3 aromatic carbocycles. The molecular formula is C22H18O5. The zero-order valence-corrected chi connectivity index (χ0v) is 14.8. The average Bonchev–Trinajstić information content (AvgIpc) is 2.73. The molecule has 27 heavy (non-hydrogen) atoms. The van der Waals surface area contributed by atoms with Crippen LogP contribution in [0.2, 0.25) is 0 Å². The number of carbonyl (C=O) groups excluding carboxylic acids is 2. The Hall–Kier alpha value is -3.60. The topological polar surface area (TPSA) is 61.8 Å². The van der Waals surface area contributed by atoms with E-state index < -0.39 is 11.9 Å². The van der Waals surface area contributed by atoms with E-state index in [1.54, 1.807) is 72.8 Å². The molecule has 5 heteroatoms. The number of rotatable bonds is 6. The molecule has 0 aromatic heterocycles. The van der Waals surface area contributed by atoms with Crippen LogP contribution in [-0.2, 0) is 11.3 Å². The molecule has 0 heterocycles. The van der Waals surface area contributed by atoms with Crippen molar-refractivity contribution in [1.82, 2.24) is 0 Å². The van der Waals surface area contributed by atoms with Gasteiger partial charge in [0.1, 0.15) is 18.1 Å². The fraction of sp³-hybridized carbons (Fsp3) is 0.0909. The summed E-state index contributed by atoms with van der Waals surface area (Å²) in [6, 6.07) is 22.3. The zero-order chi connectivity index (χ0) is 19.1. The van der Waals surface area contributed by atoms with Crippen LogP contribution in [0.5, 0.6) is 11.5 Å². The Bertz CT molecular complexity index is 934. The molecule has 5 nitrogen and oxygen atoms in total. The number of benzene rings is 3. The number of hydrogen-bond donors (Lipinski definition) is 0. The summed E-state index contributed by atoms with van der Waals surface area (Å²) in [5.41, 5.74) is 1.47. The maximum Gasteiger partial charge on any atom is 0.343 e. The highest BCUT2D eigenvalue weighted by Gasteiger charge is 2.11. The van der Waals surface area contributed by atoms with Crippen molar-refractivity contribution in [3.05, 3.63) is 95.6 Å². The minimum atomic E-state index is -0.470. The van der Waals surface area contributed by atoms with Crippen LogP contribution in [0.15, 0.2) is 78.9 Å². The normalized spacial score (nSPS) is 10.1. The van der Waals surface area contributed by atoms with Crippen LogP contribution in [-0.4, -0.2) is 19.0 Å². The fourth-order valence-corrected chi connectivity index (χ4v) is 2.42. The molecule has 136 valence electrons. The molecule has 0 aliphatic carbocycles. The highest BCUT2D eigenvalue weighted by molar-refractivity contribution is 5.91. The van der Waals surface area contributed by atoms with Crippen LogP contribution in [0.1, 0.15) is 26.3 Å². The second-order valence-electron chi connectivity index (χ2n) is 5.71. The van der Waals surface area contributed by atoms with Crippen LogP contribution in [0.3, 0.4) is 0 Å². The van der Waals surface area contributed by atoms with Gasteiger partial charge in [-0.05, 0) is 48.0 Å². The molecule has 0 N–H and O–H groups in total. The standard InChI is InChI=1S/C22H18O5/c1-25-20-12-6-9-18(14-20)21(23)26-15-16-7-5-8-17(13-16)22(24)27-19-10-3-2-4-11-19/h2-14H,15H2,1H3. The van der Waals surface area contributed by atoms with Crippen molar-refractivity contribution in [3.63, 3.8) is 0 Å². The van der Waals surface area contributed by atoms with Crippen molar-refractivity contribution in [2.24, 2.45) is 0 Å². The first kappa shape index (κ1) is 18.2. The Kier molecular flexibility index (Phi) is 5.84. The predicted molar refractivity (Wildman–Crippen MR) is 100.0 cm³/mol. The molecular weight excluding hydrogens is 344 g/mol. The smallest absolute Gasteiger partial charge is 0.343 e. The molecule has 0 saturated carbocycles. The van der Waals surface area contributed by atoms with Gasteiger partial charge in [0.05, 0.1) is 18.2 Å². The molecule has 0 unspecified atom stereocenters. The lowest BCUT2D eigenvalue weighted by atomic mass is 10.1. The molecule has 0 atom stereocenters. The lowest BCUT2D eigenvalue weighted by molar-refractivity contribution is 0.0472. The number of methoxy groups -OCH3 is 1. The van der Waals surface area contributed by atoms with Gasteiger partial charge < -0.3 is 14.2 Å². The number of esters is 2. The minimum absolute atomic E-state index is 0.0441. The Labute approximate surface area is 157 Å². The SMILES string of the molecule is COc1cccc(C(=O)OCc2cccc(C(=O)Oc3ccccc3)c2)c1. The van der Waals surface area contributed by atoms with Crippen LogP contribution < -0.4 is 9.47 Å². The van der Waals surface area contributed by atoms with E-state index in [1.165, 1.54) is 7.11 Å². The quantitative estimate of drug-likeness (QED) is 0.484. The highest BCUT2D eigenvalue weighted by Crippen LogP contribution is 2.16. The van der Waals surface area contributed by atoms with Gasteiger partial charge >= 0.3 is 11.9 Å². The Balaban J connectivity index is 1.63. The summed E-state index contributed by atoms with van der Waals surface area (Å²) in [4.78, 5) is 24.4. The summed E-state index contributed by atoms with van der Waals surface area (Å²) in [5.74, 6) is 0.112. The first-order valence-corrected chi connectivity index (χ1v) is 8.33. The first-order chi connectivity index (χ1) is 13.2. The number of para-hydroxylation sites is 1. The summed E-state index contributed by atoms with van der Waals surface area (Å²) < 4.78 is 15.7. The van der Waals surface area contributed by atoms with Gasteiger partial charge in [-0.2, -0.15) is 0 Å². The van der Waals surface area contributed by atoms with Gasteiger partial charge in [0.2, 0.25) is 0 Å². The lowest BCUT2D eigenvalue weighted by Crippen LogP contribution is -2.10. The maximum atomic E-state index is 12.3. The second kappa shape index (κ2) is 8.67. The summed E-state index contributed by atoms with van der Waals surface area (Å²) in [5, 5.41) is 0. The third kappa shape index (κ3) is 4.95. The van der Waals surface area contributed by atoms with E-state index in [4.69, 9.17) is 14.2 Å². The molecule has 0 aliphatic rings. The van der Waals surface area contributed by atoms with Crippen molar-refractivity contribution in [2.75, 3.05) is 7.11 Å². The molecule has 3 rings (SSSR count). The van der Waals surface area contributed by atoms with Gasteiger partial charge in [-0.1, -0.05) is 36.4 Å². The first-order valence-electron chi connectivity index (χ1n) is 8.33. The van der Waals surface area contributed by atoms with E-state index >= 15 is 0 Å². The fourth-order valence-electron chi connectivity index (χ4n) is 2.42. The number of carbonyl (C=O) groups is 2. The maximum absolute atomic E-state index is 12.3. The summed E-state index contributed by atoms with van der Waals surface area (Å²) in [6.45, 7) is 0.0441. The molecule has 0 radical (unpaired) electrons. The van der Waals surface area contributed by atoms with Gasteiger partial charge in [0.15, 0.2) is 0 Å². The molecule has 3 aromatic rings. The van der Waals surface area contributed by atoms with Crippen LogP contribution >= 0.6 is 0 Å². The van der Waals surface area contributed by atoms with Crippen molar-refractivity contribution in [1.29, 1.82) is 0 Å². The third-order valence-corrected chi connectivity index (χ3v) is 3.79. The average molecular weight is 362 g/mol. The molecule has 0 spiro atoms. The Morgan fingerprint density at radius 3 is 2.15 bits per heavy atom.